The molecule has 1 aliphatic heterocycles. The van der Waals surface area contributed by atoms with Crippen LogP contribution in [-0.2, 0) is 11.8 Å². The van der Waals surface area contributed by atoms with Gasteiger partial charge in [-0.3, -0.25) is 9.48 Å². The van der Waals surface area contributed by atoms with Crippen molar-refractivity contribution in [2.45, 2.75) is 19.1 Å². The highest BCUT2D eigenvalue weighted by Crippen LogP contribution is 2.44. The fourth-order valence-corrected chi connectivity index (χ4v) is 4.58. The maximum absolute atomic E-state index is 12.4. The van der Waals surface area contributed by atoms with Gasteiger partial charge in [0.25, 0.3) is 0 Å². The van der Waals surface area contributed by atoms with Gasteiger partial charge in [-0.1, -0.05) is 0 Å². The van der Waals surface area contributed by atoms with Gasteiger partial charge < -0.3 is 10.4 Å². The van der Waals surface area contributed by atoms with Crippen molar-refractivity contribution in [1.82, 2.24) is 19.6 Å². The van der Waals surface area contributed by atoms with Crippen molar-refractivity contribution in [3.8, 4) is 5.69 Å². The number of carbonyl (C=O) groups is 2. The third-order valence-electron chi connectivity index (χ3n) is 4.92. The van der Waals surface area contributed by atoms with Crippen LogP contribution in [0.1, 0.15) is 38.1 Å². The lowest BCUT2D eigenvalue weighted by molar-refractivity contribution is -0.113. The molecule has 0 unspecified atom stereocenters. The van der Waals surface area contributed by atoms with E-state index in [-0.39, 0.29) is 16.7 Å². The van der Waals surface area contributed by atoms with Gasteiger partial charge in [0.05, 0.1) is 34.1 Å². The number of fused-ring (bicyclic) bond motifs is 1. The monoisotopic (exact) mass is 397 g/mol. The molecule has 4 rings (SSSR count). The summed E-state index contributed by atoms with van der Waals surface area (Å²) >= 11 is 1.55. The Kier molecular flexibility index (Phi) is 4.46. The number of nitrogens with zero attached hydrogens (tertiary/aromatic N) is 4. The summed E-state index contributed by atoms with van der Waals surface area (Å²) in [6, 6.07) is 6.42. The van der Waals surface area contributed by atoms with Crippen LogP contribution in [0.5, 0.6) is 0 Å². The number of aryl methyl sites for hydroxylation is 2. The van der Waals surface area contributed by atoms with E-state index in [1.54, 1.807) is 28.6 Å². The molecule has 9 heteroatoms. The number of amides is 1. The summed E-state index contributed by atoms with van der Waals surface area (Å²) in [5, 5.41) is 21.0. The first kappa shape index (κ1) is 18.3. The molecule has 8 nitrogen and oxygen atoms in total. The fourth-order valence-electron chi connectivity index (χ4n) is 3.33. The van der Waals surface area contributed by atoms with Crippen molar-refractivity contribution in [3.63, 3.8) is 0 Å². The molecule has 0 aliphatic carbocycles. The number of thioether (sulfide) groups is 1. The number of nitrogens with one attached hydrogen (secondary N) is 1. The minimum absolute atomic E-state index is 0.0744. The second-order valence-electron chi connectivity index (χ2n) is 6.66. The third kappa shape index (κ3) is 2.97. The molecular weight excluding hydrogens is 378 g/mol. The number of hydrogen-bond donors (Lipinski definition) is 2. The average molecular weight is 397 g/mol. The summed E-state index contributed by atoms with van der Waals surface area (Å²) < 4.78 is 3.48. The van der Waals surface area contributed by atoms with Crippen molar-refractivity contribution < 1.29 is 14.7 Å². The van der Waals surface area contributed by atoms with Crippen molar-refractivity contribution in [1.29, 1.82) is 0 Å². The summed E-state index contributed by atoms with van der Waals surface area (Å²) in [5.41, 5.74) is 4.71. The van der Waals surface area contributed by atoms with E-state index in [0.29, 0.717) is 17.3 Å². The predicted molar refractivity (Wildman–Crippen MR) is 106 cm³/mol. The Hall–Kier alpha value is -3.07. The lowest BCUT2D eigenvalue weighted by Gasteiger charge is -2.14. The maximum atomic E-state index is 12.4. The molecular formula is C19H19N5O3S. The zero-order valence-electron chi connectivity index (χ0n) is 15.6. The second-order valence-corrected chi connectivity index (χ2v) is 7.75. The molecule has 3 heterocycles. The second kappa shape index (κ2) is 6.83. The van der Waals surface area contributed by atoms with Gasteiger partial charge >= 0.3 is 5.97 Å². The van der Waals surface area contributed by atoms with Crippen LogP contribution in [-0.4, -0.2) is 42.3 Å². The fraction of sp³-hybridized carbons (Fsp3) is 0.263. The number of aromatic carboxylic acids is 1. The molecule has 1 amide bonds. The molecule has 1 atom stereocenters. The standard InChI is InChI=1S/C19H19N5O3S/c1-10-16-17(14-8-20-23(3)11(14)2)28-9-15(25)21-18(16)24(22-10)13-6-4-12(5-7-13)19(26)27/h4-8,17H,9H2,1-3H3,(H,21,25)(H,26,27)/t17-/m1/s1. The number of carboxylic acids is 1. The normalized spacial score (nSPS) is 16.4. The van der Waals surface area contributed by atoms with Crippen molar-refractivity contribution in [2.24, 2.45) is 7.05 Å². The van der Waals surface area contributed by atoms with Crippen LogP contribution in [0.2, 0.25) is 0 Å². The van der Waals surface area contributed by atoms with E-state index in [1.807, 2.05) is 31.8 Å². The Bertz CT molecular complexity index is 1080. The molecule has 3 aromatic rings. The lowest BCUT2D eigenvalue weighted by atomic mass is 10.0. The number of rotatable bonds is 3. The molecule has 0 saturated heterocycles. The molecule has 0 radical (unpaired) electrons. The Morgan fingerprint density at radius 3 is 2.61 bits per heavy atom. The SMILES string of the molecule is Cc1nn(-c2ccc(C(=O)O)cc2)c2c1[C@@H](c1cnn(C)c1C)SCC(=O)N2. The first-order valence-electron chi connectivity index (χ1n) is 8.70. The van der Waals surface area contributed by atoms with E-state index in [1.165, 1.54) is 12.1 Å². The number of carbonyl (C=O) groups excluding carboxylic acids is 1. The van der Waals surface area contributed by atoms with Crippen molar-refractivity contribution in [2.75, 3.05) is 11.1 Å². The molecule has 1 aromatic carbocycles. The molecule has 144 valence electrons. The largest absolute Gasteiger partial charge is 0.478 e. The minimum atomic E-state index is -0.987. The highest BCUT2D eigenvalue weighted by Gasteiger charge is 2.32. The maximum Gasteiger partial charge on any atom is 0.335 e. The Morgan fingerprint density at radius 2 is 2.00 bits per heavy atom. The van der Waals surface area contributed by atoms with Crippen LogP contribution >= 0.6 is 11.8 Å². The van der Waals surface area contributed by atoms with Gasteiger partial charge in [0.15, 0.2) is 0 Å². The summed E-state index contributed by atoms with van der Waals surface area (Å²) in [6.07, 6.45) is 1.84. The van der Waals surface area contributed by atoms with E-state index in [4.69, 9.17) is 5.11 Å². The molecule has 2 N–H and O–H groups in total. The summed E-state index contributed by atoms with van der Waals surface area (Å²) in [5.74, 6) is -0.147. The molecule has 0 bridgehead atoms. The lowest BCUT2D eigenvalue weighted by Crippen LogP contribution is -2.15. The first-order chi connectivity index (χ1) is 13.4. The van der Waals surface area contributed by atoms with Gasteiger partial charge in [0.2, 0.25) is 5.91 Å². The predicted octanol–water partition coefficient (Wildman–Crippen LogP) is 2.70. The quantitative estimate of drug-likeness (QED) is 0.705. The topological polar surface area (TPSA) is 102 Å². The first-order valence-corrected chi connectivity index (χ1v) is 9.75. The van der Waals surface area contributed by atoms with E-state index < -0.39 is 5.97 Å². The highest BCUT2D eigenvalue weighted by molar-refractivity contribution is 8.00. The smallest absolute Gasteiger partial charge is 0.335 e. The average Bonchev–Trinajstić information content (AvgIpc) is 3.10. The summed E-state index contributed by atoms with van der Waals surface area (Å²) in [6.45, 7) is 3.92. The molecule has 0 spiro atoms. The van der Waals surface area contributed by atoms with Gasteiger partial charge in [0.1, 0.15) is 5.82 Å². The van der Waals surface area contributed by atoms with E-state index in [2.05, 4.69) is 15.5 Å². The van der Waals surface area contributed by atoms with E-state index >= 15 is 0 Å². The van der Waals surface area contributed by atoms with E-state index in [9.17, 15) is 9.59 Å². The van der Waals surface area contributed by atoms with Crippen LogP contribution in [0.3, 0.4) is 0 Å². The van der Waals surface area contributed by atoms with Gasteiger partial charge in [0, 0.05) is 23.9 Å². The number of hydrogen-bond acceptors (Lipinski definition) is 5. The third-order valence-corrected chi connectivity index (χ3v) is 6.17. The van der Waals surface area contributed by atoms with Crippen LogP contribution < -0.4 is 5.32 Å². The van der Waals surface area contributed by atoms with Crippen LogP contribution in [0.15, 0.2) is 30.5 Å². The molecule has 0 fully saturated rings. The number of benzene rings is 1. The highest BCUT2D eigenvalue weighted by atomic mass is 32.2. The van der Waals surface area contributed by atoms with Crippen LogP contribution in [0.4, 0.5) is 5.82 Å². The molecule has 28 heavy (non-hydrogen) atoms. The number of anilines is 1. The Balaban J connectivity index is 1.86. The Labute approximate surface area is 165 Å². The van der Waals surface area contributed by atoms with Crippen LogP contribution in [0.25, 0.3) is 5.69 Å². The van der Waals surface area contributed by atoms with Gasteiger partial charge in [-0.05, 0) is 38.1 Å². The van der Waals surface area contributed by atoms with Crippen LogP contribution in [0, 0.1) is 13.8 Å². The number of aromatic nitrogens is 4. The summed E-state index contributed by atoms with van der Waals surface area (Å²) in [7, 11) is 1.89. The van der Waals surface area contributed by atoms with Gasteiger partial charge in [-0.15, -0.1) is 11.8 Å². The van der Waals surface area contributed by atoms with E-state index in [0.717, 1.165) is 22.5 Å². The zero-order chi connectivity index (χ0) is 20.0. The van der Waals surface area contributed by atoms with Gasteiger partial charge in [-0.2, -0.15) is 10.2 Å². The zero-order valence-corrected chi connectivity index (χ0v) is 16.4. The van der Waals surface area contributed by atoms with Crippen molar-refractivity contribution >= 4 is 29.5 Å². The molecule has 2 aromatic heterocycles. The minimum Gasteiger partial charge on any atom is -0.478 e. The van der Waals surface area contributed by atoms with Gasteiger partial charge in [-0.25, -0.2) is 9.48 Å². The Morgan fingerprint density at radius 1 is 1.29 bits per heavy atom. The molecule has 1 aliphatic rings. The molecule has 0 saturated carbocycles. The van der Waals surface area contributed by atoms with Crippen molar-refractivity contribution in [3.05, 3.63) is 58.5 Å². The summed E-state index contributed by atoms with van der Waals surface area (Å²) in [4.78, 5) is 23.5. The number of carboxylic acid groups (broad SMARTS) is 1.